The zero-order chi connectivity index (χ0) is 29.9. The quantitative estimate of drug-likeness (QED) is 0.394. The molecule has 0 radical (unpaired) electrons. The summed E-state index contributed by atoms with van der Waals surface area (Å²) in [4.78, 5) is 29.0. The highest BCUT2D eigenvalue weighted by atomic mass is 35.5. The molecule has 1 fully saturated rings. The SMILES string of the molecule is CC(O)(C(=O)N1C[C@H](F)[C@H](NC(=O)c2cc(-c3cc(C(F)(F)F)c4c(N)ncnn34)cc(F)c2Cl)C1)C(F)(F)F. The molecule has 4 N–H and O–H groups in total. The second kappa shape index (κ2) is 9.72. The lowest BCUT2D eigenvalue weighted by molar-refractivity contribution is -0.249. The van der Waals surface area contributed by atoms with E-state index in [2.05, 4.69) is 15.4 Å². The fourth-order valence-corrected chi connectivity index (χ4v) is 4.33. The van der Waals surface area contributed by atoms with Gasteiger partial charge in [0, 0.05) is 12.1 Å². The Kier molecular flexibility index (Phi) is 7.11. The van der Waals surface area contributed by atoms with E-state index in [1.165, 1.54) is 0 Å². The van der Waals surface area contributed by atoms with Gasteiger partial charge in [-0.15, -0.1) is 0 Å². The molecule has 1 unspecified atom stereocenters. The number of benzene rings is 1. The molecule has 4 rings (SSSR count). The topological polar surface area (TPSA) is 126 Å². The van der Waals surface area contributed by atoms with E-state index in [0.29, 0.717) is 17.0 Å². The lowest BCUT2D eigenvalue weighted by atomic mass is 10.1. The van der Waals surface area contributed by atoms with E-state index >= 15 is 0 Å². The van der Waals surface area contributed by atoms with E-state index < -0.39 is 88.4 Å². The zero-order valence-electron chi connectivity index (χ0n) is 19.9. The maximum absolute atomic E-state index is 14.7. The largest absolute Gasteiger partial charge is 0.426 e. The van der Waals surface area contributed by atoms with E-state index in [4.69, 9.17) is 17.3 Å². The van der Waals surface area contributed by atoms with Gasteiger partial charge in [-0.3, -0.25) is 9.59 Å². The summed E-state index contributed by atoms with van der Waals surface area (Å²) in [6.45, 7) is -1.50. The first kappa shape index (κ1) is 29.3. The molecule has 3 heterocycles. The zero-order valence-corrected chi connectivity index (χ0v) is 20.7. The molecule has 2 aromatic heterocycles. The van der Waals surface area contributed by atoms with Gasteiger partial charge in [0.25, 0.3) is 11.8 Å². The molecule has 0 bridgehead atoms. The van der Waals surface area contributed by atoms with Crippen LogP contribution in [0, 0.1) is 5.82 Å². The molecule has 18 heteroatoms. The van der Waals surface area contributed by atoms with Crippen LogP contribution in [0.5, 0.6) is 0 Å². The predicted octanol–water partition coefficient (Wildman–Crippen LogP) is 3.38. The molecule has 1 aromatic carbocycles. The van der Waals surface area contributed by atoms with Crippen molar-refractivity contribution in [3.05, 3.63) is 46.5 Å². The highest BCUT2D eigenvalue weighted by Crippen LogP contribution is 2.39. The van der Waals surface area contributed by atoms with Crippen LogP contribution < -0.4 is 11.1 Å². The molecule has 216 valence electrons. The average molecular weight is 601 g/mol. The Labute approximate surface area is 223 Å². The van der Waals surface area contributed by atoms with Crippen LogP contribution in [-0.2, 0) is 11.0 Å². The molecule has 3 aromatic rings. The predicted molar refractivity (Wildman–Crippen MR) is 122 cm³/mol. The number of alkyl halides is 7. The van der Waals surface area contributed by atoms with Gasteiger partial charge >= 0.3 is 12.4 Å². The monoisotopic (exact) mass is 600 g/mol. The van der Waals surface area contributed by atoms with Crippen molar-refractivity contribution in [2.45, 2.75) is 37.1 Å². The number of nitrogens with zero attached hydrogens (tertiary/aromatic N) is 4. The molecule has 40 heavy (non-hydrogen) atoms. The average Bonchev–Trinajstić information content (AvgIpc) is 3.41. The summed E-state index contributed by atoms with van der Waals surface area (Å²) in [5, 5.41) is 14.6. The van der Waals surface area contributed by atoms with Crippen LogP contribution in [0.4, 0.5) is 40.9 Å². The van der Waals surface area contributed by atoms with E-state index in [9.17, 15) is 49.8 Å². The lowest BCUT2D eigenvalue weighted by Crippen LogP contribution is -2.56. The van der Waals surface area contributed by atoms with Gasteiger partial charge in [-0.2, -0.15) is 31.4 Å². The van der Waals surface area contributed by atoms with E-state index in [0.717, 1.165) is 16.9 Å². The summed E-state index contributed by atoms with van der Waals surface area (Å²) in [5.41, 5.74) is -1.48. The summed E-state index contributed by atoms with van der Waals surface area (Å²) in [6.07, 6.45) is -11.5. The number of anilines is 1. The second-order valence-electron chi connectivity index (χ2n) is 9.04. The number of aliphatic hydroxyl groups is 1. The number of hydrogen-bond acceptors (Lipinski definition) is 6. The number of carbonyl (C=O) groups is 2. The smallest absolute Gasteiger partial charge is 0.382 e. The van der Waals surface area contributed by atoms with Gasteiger partial charge < -0.3 is 21.1 Å². The van der Waals surface area contributed by atoms with Crippen molar-refractivity contribution in [3.63, 3.8) is 0 Å². The molecular weight excluding hydrogens is 584 g/mol. The Hall–Kier alpha value is -3.73. The van der Waals surface area contributed by atoms with E-state index in [-0.39, 0.29) is 18.2 Å². The van der Waals surface area contributed by atoms with Crippen molar-refractivity contribution >= 4 is 34.7 Å². The first-order valence-electron chi connectivity index (χ1n) is 11.1. The van der Waals surface area contributed by atoms with Crippen LogP contribution in [0.15, 0.2) is 24.5 Å². The van der Waals surface area contributed by atoms with Crippen LogP contribution in [0.25, 0.3) is 16.8 Å². The summed E-state index contributed by atoms with van der Waals surface area (Å²) in [5.74, 6) is -4.90. The van der Waals surface area contributed by atoms with Crippen molar-refractivity contribution in [2.24, 2.45) is 0 Å². The fourth-order valence-electron chi connectivity index (χ4n) is 4.13. The van der Waals surface area contributed by atoms with Gasteiger partial charge in [0.15, 0.2) is 5.82 Å². The number of halogens is 9. The van der Waals surface area contributed by atoms with Crippen LogP contribution in [0.3, 0.4) is 0 Å². The van der Waals surface area contributed by atoms with Crippen molar-refractivity contribution < 1.29 is 49.8 Å². The third kappa shape index (κ3) is 4.98. The maximum Gasteiger partial charge on any atom is 0.426 e. The molecule has 9 nitrogen and oxygen atoms in total. The minimum atomic E-state index is -5.37. The van der Waals surface area contributed by atoms with Gasteiger partial charge in [-0.1, -0.05) is 11.6 Å². The minimum absolute atomic E-state index is 0.191. The van der Waals surface area contributed by atoms with Crippen molar-refractivity contribution in [1.29, 1.82) is 0 Å². The molecule has 0 aliphatic carbocycles. The van der Waals surface area contributed by atoms with E-state index in [1.54, 1.807) is 0 Å². The molecule has 0 spiro atoms. The summed E-state index contributed by atoms with van der Waals surface area (Å²) in [6, 6.07) is 0.601. The summed E-state index contributed by atoms with van der Waals surface area (Å²) < 4.78 is 110. The third-order valence-corrected chi connectivity index (χ3v) is 6.66. The number of nitrogen functional groups attached to an aromatic ring is 1. The number of hydrogen-bond donors (Lipinski definition) is 3. The van der Waals surface area contributed by atoms with Crippen LogP contribution in [0.1, 0.15) is 22.8 Å². The Morgan fingerprint density at radius 1 is 1.15 bits per heavy atom. The highest BCUT2D eigenvalue weighted by molar-refractivity contribution is 6.34. The second-order valence-corrected chi connectivity index (χ2v) is 9.42. The normalized spacial score (nSPS) is 19.6. The molecule has 1 saturated heterocycles. The van der Waals surface area contributed by atoms with Crippen LogP contribution >= 0.6 is 11.6 Å². The fraction of sp³-hybridized carbons (Fsp3) is 0.364. The first-order chi connectivity index (χ1) is 18.3. The number of nitrogens with one attached hydrogen (secondary N) is 1. The number of fused-ring (bicyclic) bond motifs is 1. The Balaban J connectivity index is 1.66. The van der Waals surface area contributed by atoms with Gasteiger partial charge in [0.05, 0.1) is 34.4 Å². The Bertz CT molecular complexity index is 1510. The standard InChI is InChI=1S/C22H17ClF8N6O3/c1-20(40,22(29,30)31)19(39)36-5-12(25)13(6-36)35-18(38)9-2-8(3-11(24)15(9)23)14-4-10(21(26,27)28)16-17(32)33-7-34-37(14)16/h2-4,7,12-13,40H,5-6H2,1H3,(H,35,38)(H2,32,33,34)/t12-,13+,20?/m0/s1. The number of amides is 2. The van der Waals surface area contributed by atoms with Gasteiger partial charge in [0.1, 0.15) is 23.8 Å². The van der Waals surface area contributed by atoms with E-state index in [1.807, 2.05) is 0 Å². The highest BCUT2D eigenvalue weighted by Gasteiger charge is 2.58. The molecule has 1 aliphatic rings. The Morgan fingerprint density at radius 3 is 2.40 bits per heavy atom. The molecule has 3 atom stereocenters. The molecule has 0 saturated carbocycles. The number of likely N-dealkylation sites (tertiary alicyclic amines) is 1. The Morgan fingerprint density at radius 2 is 1.80 bits per heavy atom. The maximum atomic E-state index is 14.7. The van der Waals surface area contributed by atoms with Crippen molar-refractivity contribution in [1.82, 2.24) is 24.8 Å². The summed E-state index contributed by atoms with van der Waals surface area (Å²) >= 11 is 5.90. The third-order valence-electron chi connectivity index (χ3n) is 6.28. The molecule has 2 amide bonds. The lowest BCUT2D eigenvalue weighted by Gasteiger charge is -2.29. The minimum Gasteiger partial charge on any atom is -0.382 e. The van der Waals surface area contributed by atoms with Gasteiger partial charge in [0.2, 0.25) is 5.60 Å². The molecular formula is C22H17ClF8N6O3. The van der Waals surface area contributed by atoms with Gasteiger partial charge in [-0.05, 0) is 25.1 Å². The summed E-state index contributed by atoms with van der Waals surface area (Å²) in [7, 11) is 0. The number of aromatic nitrogens is 3. The van der Waals surface area contributed by atoms with Crippen molar-refractivity contribution in [2.75, 3.05) is 18.8 Å². The van der Waals surface area contributed by atoms with Crippen molar-refractivity contribution in [3.8, 4) is 11.3 Å². The number of carbonyl (C=O) groups excluding carboxylic acids is 2. The number of rotatable bonds is 4. The van der Waals surface area contributed by atoms with Crippen LogP contribution in [-0.4, -0.2) is 73.5 Å². The van der Waals surface area contributed by atoms with Crippen LogP contribution in [0.2, 0.25) is 5.02 Å². The van der Waals surface area contributed by atoms with Gasteiger partial charge in [-0.25, -0.2) is 18.3 Å². The first-order valence-corrected chi connectivity index (χ1v) is 11.4. The number of nitrogens with two attached hydrogens (primary N) is 1. The molecule has 1 aliphatic heterocycles.